The van der Waals surface area contributed by atoms with Gasteiger partial charge in [-0.3, -0.25) is 0 Å². The van der Waals surface area contributed by atoms with Crippen LogP contribution in [0.1, 0.15) is 44.6 Å². The maximum atomic E-state index is 12.8. The van der Waals surface area contributed by atoms with Gasteiger partial charge in [0, 0.05) is 32.0 Å². The summed E-state index contributed by atoms with van der Waals surface area (Å²) < 4.78 is 26.9. The Morgan fingerprint density at radius 3 is 2.48 bits per heavy atom. The number of nitrogen functional groups attached to an aromatic ring is 1. The second-order valence-electron chi connectivity index (χ2n) is 6.78. The third kappa shape index (κ3) is 3.77. The number of rotatable bonds is 7. The molecule has 1 aliphatic carbocycles. The molecule has 3 rings (SSSR count). The highest BCUT2D eigenvalue weighted by Crippen LogP contribution is 2.43. The van der Waals surface area contributed by atoms with Crippen LogP contribution in [0, 0.1) is 0 Å². The molecule has 2 aromatic rings. The minimum absolute atomic E-state index is 0.222. The fraction of sp³-hybridized carbons (Fsp3) is 0.474. The molecular weight excluding hydrogens is 362 g/mol. The van der Waals surface area contributed by atoms with Crippen molar-refractivity contribution >= 4 is 27.5 Å². The monoisotopic (exact) mass is 389 g/mol. The molecule has 0 saturated heterocycles. The Labute approximate surface area is 161 Å². The first kappa shape index (κ1) is 19.6. The van der Waals surface area contributed by atoms with Crippen molar-refractivity contribution in [1.82, 2.24) is 14.3 Å². The van der Waals surface area contributed by atoms with E-state index in [0.717, 1.165) is 24.1 Å². The Morgan fingerprint density at radius 1 is 1.19 bits per heavy atom. The number of anilines is 3. The zero-order chi connectivity index (χ0) is 19.6. The van der Waals surface area contributed by atoms with E-state index in [4.69, 9.17) is 5.73 Å². The summed E-state index contributed by atoms with van der Waals surface area (Å²) in [6.07, 6.45) is 4.95. The lowest BCUT2D eigenvalue weighted by Gasteiger charge is -2.33. The zero-order valence-electron chi connectivity index (χ0n) is 16.1. The molecule has 1 aromatic heterocycles. The van der Waals surface area contributed by atoms with Crippen LogP contribution in [0.4, 0.5) is 17.5 Å². The van der Waals surface area contributed by atoms with E-state index in [1.54, 1.807) is 19.3 Å². The lowest BCUT2D eigenvalue weighted by Crippen LogP contribution is -2.27. The van der Waals surface area contributed by atoms with Crippen LogP contribution < -0.4 is 10.6 Å². The van der Waals surface area contributed by atoms with Crippen LogP contribution in [0.5, 0.6) is 0 Å². The number of hydrogen-bond acceptors (Lipinski definition) is 6. The molecule has 0 amide bonds. The van der Waals surface area contributed by atoms with Gasteiger partial charge in [-0.05, 0) is 55.5 Å². The molecule has 0 atom stereocenters. The van der Waals surface area contributed by atoms with Gasteiger partial charge >= 0.3 is 0 Å². The Bertz CT molecular complexity index is 912. The maximum absolute atomic E-state index is 12.8. The summed E-state index contributed by atoms with van der Waals surface area (Å²) in [7, 11) is -1.88. The van der Waals surface area contributed by atoms with E-state index >= 15 is 0 Å². The molecule has 1 fully saturated rings. The lowest BCUT2D eigenvalue weighted by molar-refractivity contribution is 0.419. The van der Waals surface area contributed by atoms with Crippen LogP contribution >= 0.6 is 0 Å². The number of nitrogens with zero attached hydrogens (tertiary/aromatic N) is 4. The van der Waals surface area contributed by atoms with Crippen molar-refractivity contribution in [3.63, 3.8) is 0 Å². The third-order valence-corrected chi connectivity index (χ3v) is 7.17. The Hall–Kier alpha value is -2.19. The predicted molar refractivity (Wildman–Crippen MR) is 108 cm³/mol. The highest BCUT2D eigenvalue weighted by molar-refractivity contribution is 7.89. The van der Waals surface area contributed by atoms with Gasteiger partial charge in [0.2, 0.25) is 16.0 Å². The first-order valence-electron chi connectivity index (χ1n) is 9.34. The summed E-state index contributed by atoms with van der Waals surface area (Å²) in [5, 5.41) is 0. The number of sulfonamides is 1. The Kier molecular flexibility index (Phi) is 5.67. The molecule has 1 aliphatic rings. The van der Waals surface area contributed by atoms with Crippen LogP contribution in [0.25, 0.3) is 0 Å². The van der Waals surface area contributed by atoms with Gasteiger partial charge in [-0.15, -0.1) is 0 Å². The van der Waals surface area contributed by atoms with Crippen molar-refractivity contribution in [2.45, 2.75) is 43.9 Å². The van der Waals surface area contributed by atoms with Crippen LogP contribution in [0.3, 0.4) is 0 Å². The van der Waals surface area contributed by atoms with Crippen LogP contribution in [0.15, 0.2) is 35.4 Å². The van der Waals surface area contributed by atoms with E-state index in [-0.39, 0.29) is 5.95 Å². The molecule has 1 saturated carbocycles. The summed E-state index contributed by atoms with van der Waals surface area (Å²) in [6.45, 7) is 5.00. The molecule has 0 bridgehead atoms. The Balaban J connectivity index is 2.09. The second kappa shape index (κ2) is 7.82. The number of hydrogen-bond donors (Lipinski definition) is 1. The fourth-order valence-corrected chi connectivity index (χ4v) is 4.52. The summed E-state index contributed by atoms with van der Waals surface area (Å²) >= 11 is 0. The highest BCUT2D eigenvalue weighted by atomic mass is 32.2. The summed E-state index contributed by atoms with van der Waals surface area (Å²) in [6, 6.07) is 7.24. The van der Waals surface area contributed by atoms with Gasteiger partial charge in [0.05, 0.1) is 4.90 Å². The van der Waals surface area contributed by atoms with Gasteiger partial charge in [-0.25, -0.2) is 17.7 Å². The molecule has 0 radical (unpaired) electrons. The molecule has 0 spiro atoms. The van der Waals surface area contributed by atoms with E-state index in [9.17, 15) is 8.42 Å². The number of benzene rings is 1. The van der Waals surface area contributed by atoms with Gasteiger partial charge in [0.25, 0.3) is 0 Å². The average molecular weight is 390 g/mol. The van der Waals surface area contributed by atoms with Gasteiger partial charge < -0.3 is 10.6 Å². The van der Waals surface area contributed by atoms with Crippen LogP contribution in [-0.2, 0) is 10.0 Å². The van der Waals surface area contributed by atoms with Crippen molar-refractivity contribution in [2.75, 3.05) is 30.8 Å². The van der Waals surface area contributed by atoms with Crippen LogP contribution in [-0.4, -0.2) is 42.8 Å². The van der Waals surface area contributed by atoms with E-state index in [2.05, 4.69) is 14.9 Å². The number of nitrogens with two attached hydrogens (primary N) is 1. The van der Waals surface area contributed by atoms with E-state index in [1.165, 1.54) is 10.7 Å². The largest absolute Gasteiger partial charge is 0.368 e. The molecular formula is C19H27N5O2S. The smallest absolute Gasteiger partial charge is 0.242 e. The van der Waals surface area contributed by atoms with Crippen molar-refractivity contribution in [1.29, 1.82) is 0 Å². The van der Waals surface area contributed by atoms with Crippen LogP contribution in [0.2, 0.25) is 0 Å². The van der Waals surface area contributed by atoms with Gasteiger partial charge in [0.1, 0.15) is 5.82 Å². The summed E-state index contributed by atoms with van der Waals surface area (Å²) in [4.78, 5) is 10.7. The van der Waals surface area contributed by atoms with Crippen molar-refractivity contribution in [3.8, 4) is 0 Å². The van der Waals surface area contributed by atoms with E-state index in [1.807, 2.05) is 32.0 Å². The minimum atomic E-state index is -3.48. The first-order chi connectivity index (χ1) is 12.9. The van der Waals surface area contributed by atoms with Crippen molar-refractivity contribution < 1.29 is 8.42 Å². The lowest BCUT2D eigenvalue weighted by atomic mass is 9.79. The van der Waals surface area contributed by atoms with Gasteiger partial charge in [0.15, 0.2) is 0 Å². The molecule has 2 N–H and O–H groups in total. The Morgan fingerprint density at radius 2 is 1.93 bits per heavy atom. The van der Waals surface area contributed by atoms with Gasteiger partial charge in [-0.2, -0.15) is 4.98 Å². The summed E-state index contributed by atoms with van der Waals surface area (Å²) in [5.41, 5.74) is 7.81. The third-order valence-electron chi connectivity index (χ3n) is 5.24. The quantitative estimate of drug-likeness (QED) is 0.782. The molecule has 0 aliphatic heterocycles. The second-order valence-corrected chi connectivity index (χ2v) is 8.83. The molecule has 146 valence electrons. The maximum Gasteiger partial charge on any atom is 0.242 e. The van der Waals surface area contributed by atoms with Gasteiger partial charge in [-0.1, -0.05) is 13.3 Å². The molecule has 8 heteroatoms. The normalized spacial score (nSPS) is 15.0. The van der Waals surface area contributed by atoms with E-state index < -0.39 is 10.0 Å². The SMILES string of the molecule is CCN(c1ccnc(N)n1)c1ccc(S(=O)(=O)N(C)CC)cc1C1CCC1. The summed E-state index contributed by atoms with van der Waals surface area (Å²) in [5.74, 6) is 1.31. The van der Waals surface area contributed by atoms with Crippen molar-refractivity contribution in [2.24, 2.45) is 0 Å². The fourth-order valence-electron chi connectivity index (χ4n) is 3.30. The van der Waals surface area contributed by atoms with Crippen molar-refractivity contribution in [3.05, 3.63) is 36.0 Å². The standard InChI is InChI=1S/C19H27N5O2S/c1-4-23(3)27(25,26)15-9-10-17(16(13-15)14-7-6-8-14)24(5-2)18-11-12-21-19(20)22-18/h9-14H,4-8H2,1-3H3,(H2,20,21,22). The topological polar surface area (TPSA) is 92.4 Å². The predicted octanol–water partition coefficient (Wildman–Crippen LogP) is 3.12. The first-order valence-corrected chi connectivity index (χ1v) is 10.8. The average Bonchev–Trinajstić information content (AvgIpc) is 2.61. The number of aromatic nitrogens is 2. The minimum Gasteiger partial charge on any atom is -0.368 e. The molecule has 7 nitrogen and oxygen atoms in total. The highest BCUT2D eigenvalue weighted by Gasteiger charge is 2.28. The molecule has 0 unspecified atom stereocenters. The van der Waals surface area contributed by atoms with E-state index in [0.29, 0.717) is 29.7 Å². The molecule has 1 heterocycles. The molecule has 1 aromatic carbocycles. The molecule has 27 heavy (non-hydrogen) atoms. The zero-order valence-corrected chi connectivity index (χ0v) is 16.9.